The monoisotopic (exact) mass is 562 g/mol. The number of nitrogens with zero attached hydrogens (tertiary/aromatic N) is 2. The van der Waals surface area contributed by atoms with E-state index >= 15 is 0 Å². The summed E-state index contributed by atoms with van der Waals surface area (Å²) in [5.41, 5.74) is 12.9. The van der Waals surface area contributed by atoms with Gasteiger partial charge in [-0.3, -0.25) is 4.79 Å². The van der Waals surface area contributed by atoms with Gasteiger partial charge in [0.25, 0.3) is 5.91 Å². The van der Waals surface area contributed by atoms with Crippen molar-refractivity contribution in [3.63, 3.8) is 0 Å². The first kappa shape index (κ1) is 28.1. The Bertz CT molecular complexity index is 1550. The van der Waals surface area contributed by atoms with Gasteiger partial charge in [0.05, 0.1) is 12.8 Å². The number of nitrogens with one attached hydrogen (secondary N) is 1. The van der Waals surface area contributed by atoms with Gasteiger partial charge in [-0.05, 0) is 65.1 Å². The maximum Gasteiger partial charge on any atom is 0.251 e. The summed E-state index contributed by atoms with van der Waals surface area (Å²) in [6.45, 7) is 2.46. The Labute approximate surface area is 245 Å². The molecule has 1 amide bonds. The zero-order chi connectivity index (χ0) is 28.4. The third-order valence-corrected chi connectivity index (χ3v) is 7.83. The third-order valence-electron chi connectivity index (χ3n) is 6.93. The maximum absolute atomic E-state index is 12.8. The number of nitrogens with two attached hydrogens (primary N) is 1. The van der Waals surface area contributed by atoms with Crippen molar-refractivity contribution >= 4 is 22.4 Å². The fraction of sp³-hybridized carbons (Fsp3) is 0.176. The number of carbonyl (C=O) groups excluding carboxylic acids is 1. The molecule has 7 heteroatoms. The van der Waals surface area contributed by atoms with Gasteiger partial charge in [0.1, 0.15) is 5.75 Å². The highest BCUT2D eigenvalue weighted by molar-refractivity contribution is 7.14. The molecule has 0 aliphatic rings. The highest BCUT2D eigenvalue weighted by atomic mass is 32.1. The summed E-state index contributed by atoms with van der Waals surface area (Å²) in [5, 5.41) is 6.08. The predicted molar refractivity (Wildman–Crippen MR) is 167 cm³/mol. The number of carbonyl (C=O) groups is 1. The Morgan fingerprint density at radius 1 is 0.878 bits per heavy atom. The minimum absolute atomic E-state index is 0.0975. The number of hydrogen-bond acceptors (Lipinski definition) is 6. The van der Waals surface area contributed by atoms with Crippen molar-refractivity contribution in [2.75, 3.05) is 18.6 Å². The zero-order valence-electron chi connectivity index (χ0n) is 23.1. The average Bonchev–Trinajstić information content (AvgIpc) is 3.53. The van der Waals surface area contributed by atoms with Crippen molar-refractivity contribution in [3.05, 3.63) is 136 Å². The second kappa shape index (κ2) is 13.7. The first-order valence-electron chi connectivity index (χ1n) is 13.6. The molecule has 0 aliphatic carbocycles. The second-order valence-electron chi connectivity index (χ2n) is 9.80. The molecule has 5 aromatic rings. The van der Waals surface area contributed by atoms with E-state index in [2.05, 4.69) is 39.9 Å². The Kier molecular flexibility index (Phi) is 9.41. The van der Waals surface area contributed by atoms with E-state index in [0.717, 1.165) is 51.8 Å². The van der Waals surface area contributed by atoms with E-state index in [9.17, 15) is 4.79 Å². The molecule has 41 heavy (non-hydrogen) atoms. The molecule has 0 saturated heterocycles. The minimum Gasteiger partial charge on any atom is -0.497 e. The molecule has 0 unspecified atom stereocenters. The first-order valence-corrected chi connectivity index (χ1v) is 14.5. The molecule has 208 valence electrons. The Morgan fingerprint density at radius 3 is 2.34 bits per heavy atom. The van der Waals surface area contributed by atoms with Crippen LogP contribution in [0.3, 0.4) is 0 Å². The van der Waals surface area contributed by atoms with Gasteiger partial charge >= 0.3 is 0 Å². The van der Waals surface area contributed by atoms with Crippen LogP contribution in [0.15, 0.2) is 109 Å². The van der Waals surface area contributed by atoms with Crippen LogP contribution in [0.25, 0.3) is 11.3 Å². The van der Waals surface area contributed by atoms with E-state index in [1.807, 2.05) is 78.9 Å². The quantitative estimate of drug-likeness (QED) is 0.183. The Hall–Kier alpha value is -4.46. The number of benzene rings is 4. The zero-order valence-corrected chi connectivity index (χ0v) is 23.9. The van der Waals surface area contributed by atoms with E-state index in [0.29, 0.717) is 25.2 Å². The molecular weight excluding hydrogens is 528 g/mol. The van der Waals surface area contributed by atoms with Gasteiger partial charge in [0.2, 0.25) is 0 Å². The largest absolute Gasteiger partial charge is 0.497 e. The standard InChI is InChI=1S/C34H34N4O2S/c1-40-31-16-14-29(15-17-31)32-24-41-34(37-32)38(19-18-25-6-3-2-4-7-25)23-26-10-12-30(13-11-26)33(39)36-22-28-9-5-8-27(20-28)21-35/h2-17,20,24H,18-19,21-23,35H2,1H3,(H,36,39). The van der Waals surface area contributed by atoms with Gasteiger partial charge in [0, 0.05) is 42.7 Å². The van der Waals surface area contributed by atoms with Crippen molar-refractivity contribution in [2.45, 2.75) is 26.1 Å². The van der Waals surface area contributed by atoms with E-state index < -0.39 is 0 Å². The van der Waals surface area contributed by atoms with Gasteiger partial charge in [-0.2, -0.15) is 0 Å². The lowest BCUT2D eigenvalue weighted by atomic mass is 10.1. The lowest BCUT2D eigenvalue weighted by Gasteiger charge is -2.22. The topological polar surface area (TPSA) is 80.5 Å². The van der Waals surface area contributed by atoms with Gasteiger partial charge in [-0.25, -0.2) is 4.98 Å². The van der Waals surface area contributed by atoms with Gasteiger partial charge < -0.3 is 20.7 Å². The van der Waals surface area contributed by atoms with Crippen molar-refractivity contribution < 1.29 is 9.53 Å². The highest BCUT2D eigenvalue weighted by Crippen LogP contribution is 2.30. The van der Waals surface area contributed by atoms with Crippen molar-refractivity contribution in [1.29, 1.82) is 0 Å². The third kappa shape index (κ3) is 7.60. The summed E-state index contributed by atoms with van der Waals surface area (Å²) in [6, 6.07) is 34.3. The molecule has 1 aromatic heterocycles. The molecule has 0 fully saturated rings. The van der Waals surface area contributed by atoms with E-state index in [1.165, 1.54) is 5.56 Å². The highest BCUT2D eigenvalue weighted by Gasteiger charge is 2.14. The fourth-order valence-corrected chi connectivity index (χ4v) is 5.45. The van der Waals surface area contributed by atoms with Crippen LogP contribution in [0.2, 0.25) is 0 Å². The summed E-state index contributed by atoms with van der Waals surface area (Å²) in [7, 11) is 1.67. The van der Waals surface area contributed by atoms with Crippen molar-refractivity contribution in [1.82, 2.24) is 10.3 Å². The molecule has 1 heterocycles. The van der Waals surface area contributed by atoms with E-state index in [4.69, 9.17) is 15.5 Å². The number of anilines is 1. The van der Waals surface area contributed by atoms with Crippen molar-refractivity contribution in [3.8, 4) is 17.0 Å². The lowest BCUT2D eigenvalue weighted by Crippen LogP contribution is -2.25. The molecule has 6 nitrogen and oxygen atoms in total. The average molecular weight is 563 g/mol. The first-order chi connectivity index (χ1) is 20.1. The van der Waals surface area contributed by atoms with Crippen LogP contribution in [0.1, 0.15) is 32.6 Å². The summed E-state index contributed by atoms with van der Waals surface area (Å²) in [5.74, 6) is 0.728. The lowest BCUT2D eigenvalue weighted by molar-refractivity contribution is 0.0951. The molecule has 0 bridgehead atoms. The van der Waals surface area contributed by atoms with Crippen LogP contribution in [-0.2, 0) is 26.1 Å². The molecule has 5 rings (SSSR count). The summed E-state index contributed by atoms with van der Waals surface area (Å²) < 4.78 is 5.30. The normalized spacial score (nSPS) is 10.8. The van der Waals surface area contributed by atoms with Gasteiger partial charge in [-0.1, -0.05) is 66.7 Å². The Morgan fingerprint density at radius 2 is 1.61 bits per heavy atom. The predicted octanol–water partition coefficient (Wildman–Crippen LogP) is 6.46. The fourth-order valence-electron chi connectivity index (χ4n) is 4.59. The molecule has 0 saturated carbocycles. The number of aromatic nitrogens is 1. The number of amides is 1. The minimum atomic E-state index is -0.0975. The molecule has 3 N–H and O–H groups in total. The van der Waals surface area contributed by atoms with Gasteiger partial charge in [0.15, 0.2) is 5.13 Å². The van der Waals surface area contributed by atoms with Crippen LogP contribution in [-0.4, -0.2) is 24.5 Å². The Balaban J connectivity index is 1.28. The summed E-state index contributed by atoms with van der Waals surface area (Å²) in [4.78, 5) is 20.1. The maximum atomic E-state index is 12.8. The van der Waals surface area contributed by atoms with Crippen LogP contribution >= 0.6 is 11.3 Å². The molecule has 0 radical (unpaired) electrons. The van der Waals surface area contributed by atoms with Crippen LogP contribution < -0.4 is 20.7 Å². The van der Waals surface area contributed by atoms with E-state index in [-0.39, 0.29) is 5.91 Å². The number of thiazole rings is 1. The number of hydrogen-bond donors (Lipinski definition) is 2. The number of rotatable bonds is 12. The van der Waals surface area contributed by atoms with E-state index in [1.54, 1.807) is 18.4 Å². The molecular formula is C34H34N4O2S. The van der Waals surface area contributed by atoms with Crippen LogP contribution in [0.4, 0.5) is 5.13 Å². The number of methoxy groups -OCH3 is 1. The number of ether oxygens (including phenoxy) is 1. The molecule has 0 spiro atoms. The van der Waals surface area contributed by atoms with Crippen molar-refractivity contribution in [2.24, 2.45) is 5.73 Å². The second-order valence-corrected chi connectivity index (χ2v) is 10.6. The summed E-state index contributed by atoms with van der Waals surface area (Å²) >= 11 is 1.64. The van der Waals surface area contributed by atoms with Crippen LogP contribution in [0, 0.1) is 0 Å². The smallest absolute Gasteiger partial charge is 0.251 e. The molecule has 4 aromatic carbocycles. The SMILES string of the molecule is COc1ccc(-c2csc(N(CCc3ccccc3)Cc3ccc(C(=O)NCc4cccc(CN)c4)cc3)n2)cc1. The van der Waals surface area contributed by atoms with Gasteiger partial charge in [-0.15, -0.1) is 11.3 Å². The summed E-state index contributed by atoms with van der Waals surface area (Å²) in [6.07, 6.45) is 0.907. The molecule has 0 atom stereocenters. The molecule has 0 aliphatic heterocycles. The van der Waals surface area contributed by atoms with Crippen LogP contribution in [0.5, 0.6) is 5.75 Å².